The highest BCUT2D eigenvalue weighted by molar-refractivity contribution is 7.71. The molecule has 0 radical (unpaired) electrons. The number of rotatable bonds is 4. The van der Waals surface area contributed by atoms with Gasteiger partial charge in [-0.15, -0.1) is 0 Å². The fourth-order valence-corrected chi connectivity index (χ4v) is 4.07. The molecule has 1 saturated carbocycles. The Balaban J connectivity index is 0.000000883. The van der Waals surface area contributed by atoms with Crippen molar-refractivity contribution in [2.24, 2.45) is 11.8 Å². The number of aromatic nitrogens is 4. The Bertz CT molecular complexity index is 1180. The van der Waals surface area contributed by atoms with Crippen LogP contribution in [0.15, 0.2) is 66.8 Å². The molecule has 0 saturated heterocycles. The van der Waals surface area contributed by atoms with Crippen molar-refractivity contribution in [1.82, 2.24) is 24.6 Å². The van der Waals surface area contributed by atoms with Gasteiger partial charge in [0.25, 0.3) is 5.91 Å². The molecule has 7 heteroatoms. The Morgan fingerprint density at radius 2 is 2.07 bits per heavy atom. The van der Waals surface area contributed by atoms with E-state index in [-0.39, 0.29) is 7.33 Å². The Morgan fingerprint density at radius 1 is 1.30 bits per heavy atom. The molecule has 3 aromatic rings. The minimum absolute atomic E-state index is 0. The van der Waals surface area contributed by atoms with E-state index in [0.29, 0.717) is 22.1 Å². The van der Waals surface area contributed by atoms with Gasteiger partial charge in [0.15, 0.2) is 5.65 Å². The molecule has 6 nitrogen and oxygen atoms in total. The van der Waals surface area contributed by atoms with E-state index in [0.717, 1.165) is 16.6 Å². The lowest BCUT2D eigenvalue weighted by atomic mass is 10.0. The minimum Gasteiger partial charge on any atom is -0.314 e. The molecule has 2 heterocycles. The number of benzene rings is 1. The van der Waals surface area contributed by atoms with Crippen LogP contribution in [0.5, 0.6) is 0 Å². The van der Waals surface area contributed by atoms with Gasteiger partial charge in [0, 0.05) is 14.2 Å². The van der Waals surface area contributed by atoms with Gasteiger partial charge >= 0.3 is 0 Å². The summed E-state index contributed by atoms with van der Waals surface area (Å²) in [6.07, 6.45) is 10.9. The lowest BCUT2D eigenvalue weighted by molar-refractivity contribution is -0.130. The largest absolute Gasteiger partial charge is 0.314 e. The van der Waals surface area contributed by atoms with E-state index in [4.69, 9.17) is 12.2 Å². The van der Waals surface area contributed by atoms with Crippen LogP contribution in [0.1, 0.15) is 33.3 Å². The van der Waals surface area contributed by atoms with E-state index in [1.165, 1.54) is 6.42 Å². The Hall–Kier alpha value is -3.06. The van der Waals surface area contributed by atoms with Gasteiger partial charge in [0.05, 0.1) is 17.9 Å². The number of hydrogen-bond acceptors (Lipinski definition) is 4. The van der Waals surface area contributed by atoms with Crippen molar-refractivity contribution < 1.29 is 6.22 Å². The van der Waals surface area contributed by atoms with Crippen LogP contribution in [-0.2, 0) is 4.79 Å². The van der Waals surface area contributed by atoms with Crippen molar-refractivity contribution in [3.05, 3.63) is 77.0 Å². The summed E-state index contributed by atoms with van der Waals surface area (Å²) in [4.78, 5) is 19.7. The summed E-state index contributed by atoms with van der Waals surface area (Å²) in [5.41, 5.74) is 2.42. The number of amides is 1. The number of H-pyrrole nitrogens is 1. The van der Waals surface area contributed by atoms with Gasteiger partial charge < -0.3 is 9.47 Å². The van der Waals surface area contributed by atoms with Crippen molar-refractivity contribution in [3.63, 3.8) is 0 Å². The van der Waals surface area contributed by atoms with Gasteiger partial charge in [0.1, 0.15) is 10.7 Å². The quantitative estimate of drug-likeness (QED) is 0.609. The van der Waals surface area contributed by atoms with Crippen molar-refractivity contribution in [2.45, 2.75) is 26.3 Å². The molecular weight excluding hydrogens is 394 g/mol. The number of nitrogens with one attached hydrogen (secondary N) is 1. The van der Waals surface area contributed by atoms with Crippen molar-refractivity contribution in [2.75, 3.05) is 7.05 Å². The van der Waals surface area contributed by atoms with Crippen LogP contribution in [0.25, 0.3) is 11.0 Å². The second kappa shape index (κ2) is 8.36. The third kappa shape index (κ3) is 3.61. The lowest BCUT2D eigenvalue weighted by Gasteiger charge is -2.27. The molecule has 156 valence electrons. The van der Waals surface area contributed by atoms with Crippen LogP contribution in [0.3, 0.4) is 0 Å². The normalized spacial score (nSPS) is 19.9. The number of aromatic amines is 1. The third-order valence-corrected chi connectivity index (χ3v) is 5.96. The maximum atomic E-state index is 13.6. The molecule has 1 fully saturated rings. The molecular formula is C23H27N5OS. The van der Waals surface area contributed by atoms with Gasteiger partial charge in [-0.1, -0.05) is 68.5 Å². The van der Waals surface area contributed by atoms with Crippen LogP contribution >= 0.6 is 12.2 Å². The van der Waals surface area contributed by atoms with Crippen LogP contribution < -0.4 is 0 Å². The van der Waals surface area contributed by atoms with Gasteiger partial charge in [-0.25, -0.2) is 4.98 Å². The zero-order chi connectivity index (χ0) is 21.3. The standard InChI is InChI=1S/C21H19N5OS.C2H6.H2/c1-25(16-8-7-14-9-15(14)10-16)20(27)18(13-5-3-2-4-6-13)26-12-22-19-17(21(26)28)11-23-24-19;1-2;/h2-8,10-12,14-15,18H,9H2,1H3,(H,23,24);1-2H3;1H. The highest BCUT2D eigenvalue weighted by Crippen LogP contribution is 2.44. The molecule has 1 amide bonds. The zero-order valence-electron chi connectivity index (χ0n) is 17.3. The van der Waals surface area contributed by atoms with E-state index in [2.05, 4.69) is 27.3 Å². The molecule has 30 heavy (non-hydrogen) atoms. The van der Waals surface area contributed by atoms with Crippen LogP contribution in [0.2, 0.25) is 0 Å². The van der Waals surface area contributed by atoms with E-state index >= 15 is 0 Å². The number of carbonyl (C=O) groups is 1. The second-order valence-corrected chi connectivity index (χ2v) is 7.70. The first kappa shape index (κ1) is 20.2. The van der Waals surface area contributed by atoms with E-state index in [1.54, 1.807) is 22.0 Å². The topological polar surface area (TPSA) is 66.8 Å². The Labute approximate surface area is 182 Å². The summed E-state index contributed by atoms with van der Waals surface area (Å²) < 4.78 is 2.29. The monoisotopic (exact) mass is 421 g/mol. The number of likely N-dealkylation sites (N-methyl/N-ethyl adjacent to an activating group) is 1. The number of fused-ring (bicyclic) bond motifs is 2. The fraction of sp³-hybridized carbons (Fsp3) is 0.304. The van der Waals surface area contributed by atoms with Gasteiger partial charge in [0.2, 0.25) is 0 Å². The minimum atomic E-state index is -0.600. The molecule has 0 bridgehead atoms. The molecule has 2 aliphatic rings. The molecule has 1 N–H and O–H groups in total. The first-order chi connectivity index (χ1) is 14.6. The van der Waals surface area contributed by atoms with Gasteiger partial charge in [-0.2, -0.15) is 5.10 Å². The molecule has 5 rings (SSSR count). The van der Waals surface area contributed by atoms with Crippen molar-refractivity contribution in [1.29, 1.82) is 0 Å². The Kier molecular flexibility index (Phi) is 5.63. The third-order valence-electron chi connectivity index (χ3n) is 5.53. The van der Waals surface area contributed by atoms with Gasteiger partial charge in [-0.3, -0.25) is 9.89 Å². The highest BCUT2D eigenvalue weighted by Gasteiger charge is 2.37. The SMILES string of the molecule is CC.CN(C(=O)C(c1ccccc1)n1cnc2[nH]ncc2c1=S)C1=CC2CC2C=C1.[HH]. The maximum Gasteiger partial charge on any atom is 0.254 e. The molecule has 3 atom stereocenters. The fourth-order valence-electron chi connectivity index (χ4n) is 3.77. The smallest absolute Gasteiger partial charge is 0.254 e. The number of carbonyl (C=O) groups excluding carboxylic acids is 1. The molecule has 3 unspecified atom stereocenters. The second-order valence-electron chi connectivity index (χ2n) is 7.31. The van der Waals surface area contributed by atoms with Crippen LogP contribution in [0, 0.1) is 16.5 Å². The number of allylic oxidation sites excluding steroid dienone is 3. The molecule has 1 aromatic carbocycles. The predicted octanol–water partition coefficient (Wildman–Crippen LogP) is 4.90. The summed E-state index contributed by atoms with van der Waals surface area (Å²) in [7, 11) is 1.82. The van der Waals surface area contributed by atoms with Gasteiger partial charge in [-0.05, 0) is 29.9 Å². The average molecular weight is 422 g/mol. The highest BCUT2D eigenvalue weighted by atomic mass is 32.1. The van der Waals surface area contributed by atoms with Crippen molar-refractivity contribution in [3.8, 4) is 0 Å². The first-order valence-corrected chi connectivity index (χ1v) is 10.7. The Morgan fingerprint density at radius 3 is 2.80 bits per heavy atom. The summed E-state index contributed by atoms with van der Waals surface area (Å²) in [6, 6.07) is 9.08. The first-order valence-electron chi connectivity index (χ1n) is 10.3. The van der Waals surface area contributed by atoms with Crippen LogP contribution in [-0.4, -0.2) is 37.6 Å². The summed E-state index contributed by atoms with van der Waals surface area (Å²) in [5.74, 6) is 1.16. The molecule has 0 aliphatic heterocycles. The number of nitrogens with zero attached hydrogens (tertiary/aromatic N) is 4. The zero-order valence-corrected chi connectivity index (χ0v) is 18.1. The molecule has 2 aromatic heterocycles. The van der Waals surface area contributed by atoms with Crippen molar-refractivity contribution >= 4 is 29.2 Å². The summed E-state index contributed by atoms with van der Waals surface area (Å²) in [5, 5.41) is 7.57. The maximum absolute atomic E-state index is 13.6. The molecule has 0 spiro atoms. The predicted molar refractivity (Wildman–Crippen MR) is 122 cm³/mol. The summed E-state index contributed by atoms with van der Waals surface area (Å²) >= 11 is 5.67. The van der Waals surface area contributed by atoms with Crippen LogP contribution in [0.4, 0.5) is 0 Å². The average Bonchev–Trinajstić information content (AvgIpc) is 3.41. The van der Waals surface area contributed by atoms with E-state index in [9.17, 15) is 4.79 Å². The van der Waals surface area contributed by atoms with E-state index in [1.807, 2.05) is 57.3 Å². The summed E-state index contributed by atoms with van der Waals surface area (Å²) in [6.45, 7) is 4.00. The lowest BCUT2D eigenvalue weighted by Crippen LogP contribution is -2.35. The van der Waals surface area contributed by atoms with E-state index < -0.39 is 6.04 Å². The number of hydrogen-bond donors (Lipinski definition) is 1. The molecule has 2 aliphatic carbocycles.